The Bertz CT molecular complexity index is 414. The molecular formula is C14H21NSW. The van der Waals surface area contributed by atoms with Crippen LogP contribution >= 0.6 is 10.5 Å². The topological polar surface area (TPSA) is 3.24 Å². The van der Waals surface area contributed by atoms with Crippen LogP contribution in [-0.4, -0.2) is 27.1 Å². The predicted octanol–water partition coefficient (Wildman–Crippen LogP) is 3.28. The molecule has 0 fully saturated rings. The summed E-state index contributed by atoms with van der Waals surface area (Å²) in [5, 5.41) is 0. The fourth-order valence-electron chi connectivity index (χ4n) is 1.80. The summed E-state index contributed by atoms with van der Waals surface area (Å²) < 4.78 is 1.49. The first-order valence-electron chi connectivity index (χ1n) is 6.02. The summed E-state index contributed by atoms with van der Waals surface area (Å²) in [5.41, 5.74) is 1.47. The van der Waals surface area contributed by atoms with Crippen molar-refractivity contribution in [2.24, 2.45) is 0 Å². The van der Waals surface area contributed by atoms with Crippen molar-refractivity contribution in [2.75, 3.05) is 12.3 Å². The van der Waals surface area contributed by atoms with Crippen molar-refractivity contribution < 1.29 is 19.4 Å². The van der Waals surface area contributed by atoms with E-state index in [0.29, 0.717) is 0 Å². The molecule has 0 amide bonds. The molecule has 0 spiro atoms. The number of hydrogen-bond donors (Lipinski definition) is 0. The van der Waals surface area contributed by atoms with Gasteiger partial charge in [0.15, 0.2) is 0 Å². The first kappa shape index (κ1) is 15.0. The van der Waals surface area contributed by atoms with Crippen molar-refractivity contribution in [2.45, 2.75) is 32.2 Å². The number of rotatable bonds is 1. The normalized spacial score (nSPS) is 19.6. The summed E-state index contributed by atoms with van der Waals surface area (Å²) in [5.74, 6) is 5.49. The summed E-state index contributed by atoms with van der Waals surface area (Å²) in [6.07, 6.45) is 0. The molecule has 3 heteroatoms. The first-order valence-corrected chi connectivity index (χ1v) is 9.05. The molecule has 2 rings (SSSR count). The number of fused-ring (bicyclic) bond motifs is 1. The van der Waals surface area contributed by atoms with Crippen molar-refractivity contribution in [1.82, 2.24) is 4.90 Å². The van der Waals surface area contributed by atoms with Crippen molar-refractivity contribution in [3.05, 3.63) is 29.8 Å². The van der Waals surface area contributed by atoms with E-state index in [2.05, 4.69) is 42.0 Å². The van der Waals surface area contributed by atoms with Gasteiger partial charge < -0.3 is 0 Å². The molecule has 1 aromatic rings. The van der Waals surface area contributed by atoms with Crippen LogP contribution in [0.5, 0.6) is 0 Å². The summed E-state index contributed by atoms with van der Waals surface area (Å²) in [6.45, 7) is 8.46. The molecule has 1 heterocycles. The smallest absolute Gasteiger partial charge is 0.0683 e. The van der Waals surface area contributed by atoms with Crippen LogP contribution in [0, 0.1) is 0 Å². The van der Waals surface area contributed by atoms with Crippen molar-refractivity contribution >= 4 is 20.4 Å². The van der Waals surface area contributed by atoms with Crippen LogP contribution in [0.15, 0.2) is 29.2 Å². The van der Waals surface area contributed by atoms with Gasteiger partial charge in [0.25, 0.3) is 0 Å². The standard InChI is InChI=1S/C12H15NS.C2H6.W/c1-3-13-8-9-14(2)12-7-5-4-6-11(12)10-13;1-2;/h4-7H,2,8-10H2,1H3;1-2H3;. The fourth-order valence-corrected chi connectivity index (χ4v) is 3.79. The molecular weight excluding hydrogens is 398 g/mol. The molecule has 94 valence electrons. The minimum absolute atomic E-state index is 0.185. The maximum Gasteiger partial charge on any atom is -0.0683 e. The molecule has 0 radical (unpaired) electrons. The van der Waals surface area contributed by atoms with Crippen LogP contribution in [0.25, 0.3) is 0 Å². The van der Waals surface area contributed by atoms with Gasteiger partial charge in [-0.15, -0.1) is 0 Å². The van der Waals surface area contributed by atoms with Gasteiger partial charge in [0.2, 0.25) is 0 Å². The summed E-state index contributed by atoms with van der Waals surface area (Å²) in [4.78, 5) is 3.96. The molecule has 1 aromatic carbocycles. The zero-order valence-corrected chi connectivity index (χ0v) is 14.7. The average molecular weight is 419 g/mol. The molecule has 0 saturated heterocycles. The Morgan fingerprint density at radius 2 is 2.00 bits per heavy atom. The number of benzene rings is 1. The predicted molar refractivity (Wildman–Crippen MR) is 76.7 cm³/mol. The molecule has 0 saturated carbocycles. The Morgan fingerprint density at radius 1 is 1.35 bits per heavy atom. The second-order valence-corrected chi connectivity index (χ2v) is 7.70. The molecule has 0 N–H and O–H groups in total. The first-order chi connectivity index (χ1) is 8.18. The van der Waals surface area contributed by atoms with Crippen LogP contribution < -0.4 is 0 Å². The summed E-state index contributed by atoms with van der Waals surface area (Å²) in [7, 11) is 0.185. The Morgan fingerprint density at radius 3 is 2.65 bits per heavy atom. The zero-order chi connectivity index (χ0) is 12.8. The van der Waals surface area contributed by atoms with Crippen molar-refractivity contribution in [3.8, 4) is 0 Å². The second kappa shape index (κ2) is 7.41. The molecule has 1 aliphatic rings. The van der Waals surface area contributed by atoms with E-state index in [0.717, 1.165) is 13.1 Å². The quantitative estimate of drug-likeness (QED) is 0.632. The Hall–Kier alpha value is -0.0417. The van der Waals surface area contributed by atoms with E-state index < -0.39 is 0 Å². The van der Waals surface area contributed by atoms with Gasteiger partial charge in [-0.3, -0.25) is 0 Å². The molecule has 1 nitrogen and oxygen atoms in total. The van der Waals surface area contributed by atoms with Gasteiger partial charge >= 0.3 is 105 Å². The minimum Gasteiger partial charge on any atom is -0.0683 e. The van der Waals surface area contributed by atoms with Gasteiger partial charge in [-0.25, -0.2) is 0 Å². The number of nitrogens with zero attached hydrogens (tertiary/aromatic N) is 1. The van der Waals surface area contributed by atoms with Crippen LogP contribution in [0.1, 0.15) is 26.3 Å². The van der Waals surface area contributed by atoms with E-state index in [4.69, 9.17) is 0 Å². The van der Waals surface area contributed by atoms with E-state index in [1.807, 2.05) is 13.8 Å². The molecule has 17 heavy (non-hydrogen) atoms. The monoisotopic (exact) mass is 419 g/mol. The summed E-state index contributed by atoms with van der Waals surface area (Å²) in [6, 6.07) is 8.76. The Labute approximate surface area is 119 Å². The molecule has 0 aromatic heterocycles. The van der Waals surface area contributed by atoms with E-state index in [9.17, 15) is 0 Å². The van der Waals surface area contributed by atoms with Gasteiger partial charge in [0.05, 0.1) is 0 Å². The minimum atomic E-state index is 0.185. The van der Waals surface area contributed by atoms with E-state index >= 15 is 0 Å². The molecule has 1 atom stereocenters. The average Bonchev–Trinajstić information content (AvgIpc) is 2.52. The molecule has 0 bridgehead atoms. The van der Waals surface area contributed by atoms with Gasteiger partial charge in [-0.2, -0.15) is 0 Å². The maximum atomic E-state index is 4.29. The second-order valence-electron chi connectivity index (χ2n) is 3.75. The van der Waals surface area contributed by atoms with E-state index in [1.54, 1.807) is 19.4 Å². The number of hydrogen-bond acceptors (Lipinski definition) is 1. The van der Waals surface area contributed by atoms with E-state index in [1.165, 1.54) is 20.2 Å². The SMILES string of the molecule is C=S1CCN([C](C)=[W])Cc2ccccc21.CC. The van der Waals surface area contributed by atoms with Gasteiger partial charge in [-0.1, -0.05) is 13.8 Å². The molecule has 1 aliphatic heterocycles. The van der Waals surface area contributed by atoms with Crippen LogP contribution in [-0.2, 0) is 25.9 Å². The van der Waals surface area contributed by atoms with E-state index in [-0.39, 0.29) is 10.5 Å². The molecule has 0 aliphatic carbocycles. The maximum absolute atomic E-state index is 4.29. The zero-order valence-electron chi connectivity index (χ0n) is 10.9. The fraction of sp³-hybridized carbons (Fsp3) is 0.429. The molecule has 1 unspecified atom stereocenters. The summed E-state index contributed by atoms with van der Waals surface area (Å²) >= 11 is 1.58. The third-order valence-corrected chi connectivity index (χ3v) is 5.32. The van der Waals surface area contributed by atoms with Crippen molar-refractivity contribution in [1.29, 1.82) is 0 Å². The van der Waals surface area contributed by atoms with Crippen molar-refractivity contribution in [3.63, 3.8) is 0 Å². The van der Waals surface area contributed by atoms with Crippen LogP contribution in [0.3, 0.4) is 0 Å². The Kier molecular flexibility index (Phi) is 6.54. The van der Waals surface area contributed by atoms with Crippen LogP contribution in [0.2, 0.25) is 0 Å². The Balaban J connectivity index is 0.000000686. The van der Waals surface area contributed by atoms with Gasteiger partial charge in [0.1, 0.15) is 0 Å². The van der Waals surface area contributed by atoms with Gasteiger partial charge in [-0.05, 0) is 0 Å². The third kappa shape index (κ3) is 3.98. The third-order valence-electron chi connectivity index (χ3n) is 2.70. The van der Waals surface area contributed by atoms with Gasteiger partial charge in [0, 0.05) is 0 Å². The van der Waals surface area contributed by atoms with Crippen LogP contribution in [0.4, 0.5) is 0 Å². The largest absolute Gasteiger partial charge is 0.0683 e.